The number of halogens is 3. The van der Waals surface area contributed by atoms with Crippen molar-refractivity contribution in [2.24, 2.45) is 7.05 Å². The molecule has 0 saturated carbocycles. The minimum atomic E-state index is -2.46. The van der Waals surface area contributed by atoms with E-state index in [0.29, 0.717) is 22.3 Å². The number of carbonyl (C=O) groups excluding carboxylic acids is 1. The van der Waals surface area contributed by atoms with Gasteiger partial charge >= 0.3 is 0 Å². The van der Waals surface area contributed by atoms with E-state index in [1.807, 2.05) is 0 Å². The molecule has 2 aromatic rings. The minimum absolute atomic E-state index is 0. The van der Waals surface area contributed by atoms with E-state index in [2.05, 4.69) is 15.7 Å². The number of thioether (sulfide) groups is 1. The lowest BCUT2D eigenvalue weighted by atomic mass is 10.1. The number of carbonyl (C=O) groups is 1. The molecule has 0 aliphatic carbocycles. The Balaban J connectivity index is 0.00000264. The van der Waals surface area contributed by atoms with Crippen LogP contribution in [0.5, 0.6) is 0 Å². The van der Waals surface area contributed by atoms with Crippen LogP contribution in [-0.2, 0) is 11.8 Å². The quantitative estimate of drug-likeness (QED) is 0.775. The molecular weight excluding hydrogens is 346 g/mol. The van der Waals surface area contributed by atoms with Gasteiger partial charge in [-0.2, -0.15) is 13.9 Å². The molecule has 0 spiro atoms. The van der Waals surface area contributed by atoms with E-state index in [1.165, 1.54) is 0 Å². The Labute approximate surface area is 143 Å². The third kappa shape index (κ3) is 5.49. The van der Waals surface area contributed by atoms with Gasteiger partial charge in [0.05, 0.1) is 6.20 Å². The van der Waals surface area contributed by atoms with Crippen molar-refractivity contribution >= 4 is 35.8 Å². The van der Waals surface area contributed by atoms with Gasteiger partial charge in [-0.3, -0.25) is 9.48 Å². The smallest absolute Gasteiger partial charge is 0.288 e. The molecule has 0 radical (unpaired) electrons. The summed E-state index contributed by atoms with van der Waals surface area (Å²) < 4.78 is 26.1. The van der Waals surface area contributed by atoms with Crippen LogP contribution in [0.4, 0.5) is 14.5 Å². The average molecular weight is 363 g/mol. The number of amides is 1. The average Bonchev–Trinajstić information content (AvgIpc) is 2.87. The van der Waals surface area contributed by atoms with Crippen molar-refractivity contribution in [3.63, 3.8) is 0 Å². The predicted octanol–water partition coefficient (Wildman–Crippen LogP) is 3.06. The Morgan fingerprint density at radius 3 is 2.43 bits per heavy atom. The van der Waals surface area contributed by atoms with Crippen LogP contribution in [0.3, 0.4) is 0 Å². The van der Waals surface area contributed by atoms with Gasteiger partial charge in [0, 0.05) is 29.4 Å². The third-order valence-corrected chi connectivity index (χ3v) is 3.68. The van der Waals surface area contributed by atoms with Crippen LogP contribution in [0.2, 0.25) is 0 Å². The maximum absolute atomic E-state index is 12.3. The molecule has 1 unspecified atom stereocenters. The number of rotatable bonds is 6. The van der Waals surface area contributed by atoms with E-state index in [4.69, 9.17) is 0 Å². The van der Waals surface area contributed by atoms with Crippen molar-refractivity contribution < 1.29 is 13.6 Å². The molecule has 2 N–H and O–H groups in total. The summed E-state index contributed by atoms with van der Waals surface area (Å²) in [5, 5.41) is 9.70. The van der Waals surface area contributed by atoms with Gasteiger partial charge in [0.1, 0.15) is 6.04 Å². The number of likely N-dealkylation sites (N-methyl/N-ethyl adjacent to an activating group) is 1. The van der Waals surface area contributed by atoms with E-state index in [1.54, 1.807) is 55.4 Å². The molecule has 0 bridgehead atoms. The summed E-state index contributed by atoms with van der Waals surface area (Å²) in [5.41, 5.74) is 1.29. The molecule has 1 amide bonds. The number of nitrogens with zero attached hydrogens (tertiary/aromatic N) is 2. The van der Waals surface area contributed by atoms with E-state index in [-0.39, 0.29) is 18.3 Å². The Bertz CT molecular complexity index is 636. The summed E-state index contributed by atoms with van der Waals surface area (Å²) in [5.74, 6) is -2.70. The second-order valence-electron chi connectivity index (χ2n) is 4.56. The highest BCUT2D eigenvalue weighted by molar-refractivity contribution is 7.99. The lowest BCUT2D eigenvalue weighted by Crippen LogP contribution is -2.30. The Morgan fingerprint density at radius 2 is 1.96 bits per heavy atom. The molecule has 5 nitrogen and oxygen atoms in total. The summed E-state index contributed by atoms with van der Waals surface area (Å²) in [4.78, 5) is 12.7. The SMILES string of the molecule is CNC(C(=O)Nc1ccc(SC(F)F)cc1)c1cnn(C)c1.Cl. The number of aryl methyl sites for hydroxylation is 1. The zero-order valence-electron chi connectivity index (χ0n) is 12.5. The summed E-state index contributed by atoms with van der Waals surface area (Å²) in [6.07, 6.45) is 3.37. The number of benzene rings is 1. The van der Waals surface area contributed by atoms with Crippen molar-refractivity contribution in [1.82, 2.24) is 15.1 Å². The lowest BCUT2D eigenvalue weighted by molar-refractivity contribution is -0.118. The molecular formula is C14H17ClF2N4OS. The summed E-state index contributed by atoms with van der Waals surface area (Å²) in [6.45, 7) is 0. The summed E-state index contributed by atoms with van der Waals surface area (Å²) in [6, 6.07) is 5.75. The minimum Gasteiger partial charge on any atom is -0.324 e. The van der Waals surface area contributed by atoms with Gasteiger partial charge in [-0.1, -0.05) is 11.8 Å². The molecule has 0 aliphatic heterocycles. The van der Waals surface area contributed by atoms with Gasteiger partial charge < -0.3 is 10.6 Å². The standard InChI is InChI=1S/C14H16F2N4OS.ClH/c1-17-12(9-7-18-20(2)8-9)13(21)19-10-3-5-11(6-4-10)22-14(15)16;/h3-8,12,14,17H,1-2H3,(H,19,21);1H. The Hall–Kier alpha value is -1.64. The van der Waals surface area contributed by atoms with Crippen LogP contribution in [0.25, 0.3) is 0 Å². The lowest BCUT2D eigenvalue weighted by Gasteiger charge is -2.14. The first-order valence-corrected chi connectivity index (χ1v) is 7.39. The normalized spacial score (nSPS) is 11.9. The molecule has 1 heterocycles. The molecule has 0 saturated heterocycles. The van der Waals surface area contributed by atoms with Crippen LogP contribution < -0.4 is 10.6 Å². The van der Waals surface area contributed by atoms with Crippen molar-refractivity contribution in [3.8, 4) is 0 Å². The Kier molecular flexibility index (Phi) is 7.47. The van der Waals surface area contributed by atoms with Gasteiger partial charge in [0.25, 0.3) is 5.76 Å². The zero-order chi connectivity index (χ0) is 16.1. The van der Waals surface area contributed by atoms with Crippen LogP contribution >= 0.6 is 24.2 Å². The highest BCUT2D eigenvalue weighted by Crippen LogP contribution is 2.26. The first-order valence-electron chi connectivity index (χ1n) is 6.51. The summed E-state index contributed by atoms with van der Waals surface area (Å²) >= 11 is 0.467. The molecule has 126 valence electrons. The van der Waals surface area contributed by atoms with Gasteiger partial charge in [0.2, 0.25) is 5.91 Å². The highest BCUT2D eigenvalue weighted by Gasteiger charge is 2.20. The van der Waals surface area contributed by atoms with Crippen LogP contribution in [0.1, 0.15) is 11.6 Å². The Morgan fingerprint density at radius 1 is 1.30 bits per heavy atom. The summed E-state index contributed by atoms with van der Waals surface area (Å²) in [7, 11) is 3.45. The zero-order valence-corrected chi connectivity index (χ0v) is 14.1. The molecule has 1 aromatic heterocycles. The first-order chi connectivity index (χ1) is 10.5. The van der Waals surface area contributed by atoms with E-state index in [9.17, 15) is 13.6 Å². The molecule has 0 fully saturated rings. The fraction of sp³-hybridized carbons (Fsp3) is 0.286. The number of aromatic nitrogens is 2. The van der Waals surface area contributed by atoms with Crippen molar-refractivity contribution in [2.75, 3.05) is 12.4 Å². The molecule has 1 aromatic carbocycles. The molecule has 9 heteroatoms. The van der Waals surface area contributed by atoms with Gasteiger partial charge in [-0.05, 0) is 31.3 Å². The monoisotopic (exact) mass is 362 g/mol. The number of alkyl halides is 2. The van der Waals surface area contributed by atoms with E-state index < -0.39 is 11.8 Å². The number of hydrogen-bond acceptors (Lipinski definition) is 4. The number of anilines is 1. The molecule has 23 heavy (non-hydrogen) atoms. The van der Waals surface area contributed by atoms with Gasteiger partial charge in [0.15, 0.2) is 0 Å². The number of nitrogens with one attached hydrogen (secondary N) is 2. The highest BCUT2D eigenvalue weighted by atomic mass is 35.5. The van der Waals surface area contributed by atoms with Crippen LogP contribution in [-0.4, -0.2) is 28.5 Å². The fourth-order valence-electron chi connectivity index (χ4n) is 1.97. The maximum Gasteiger partial charge on any atom is 0.288 e. The number of hydrogen-bond donors (Lipinski definition) is 2. The van der Waals surface area contributed by atoms with Gasteiger partial charge in [-0.25, -0.2) is 0 Å². The van der Waals surface area contributed by atoms with Crippen molar-refractivity contribution in [2.45, 2.75) is 16.7 Å². The van der Waals surface area contributed by atoms with E-state index >= 15 is 0 Å². The second-order valence-corrected chi connectivity index (χ2v) is 5.62. The third-order valence-electron chi connectivity index (χ3n) is 2.96. The predicted molar refractivity (Wildman–Crippen MR) is 89.2 cm³/mol. The molecule has 2 rings (SSSR count). The fourth-order valence-corrected chi connectivity index (χ4v) is 2.47. The molecule has 1 atom stereocenters. The second kappa shape index (κ2) is 8.85. The first kappa shape index (κ1) is 19.4. The van der Waals surface area contributed by atoms with Crippen LogP contribution in [0.15, 0.2) is 41.6 Å². The topological polar surface area (TPSA) is 59.0 Å². The van der Waals surface area contributed by atoms with Crippen molar-refractivity contribution in [3.05, 3.63) is 42.2 Å². The maximum atomic E-state index is 12.3. The van der Waals surface area contributed by atoms with Crippen LogP contribution in [0, 0.1) is 0 Å². The molecule has 0 aliphatic rings. The largest absolute Gasteiger partial charge is 0.324 e. The van der Waals surface area contributed by atoms with Crippen molar-refractivity contribution in [1.29, 1.82) is 0 Å². The van der Waals surface area contributed by atoms with E-state index in [0.717, 1.165) is 5.56 Å². The van der Waals surface area contributed by atoms with Gasteiger partial charge in [-0.15, -0.1) is 12.4 Å².